The normalized spacial score (nSPS) is 20.1. The predicted molar refractivity (Wildman–Crippen MR) is 111 cm³/mol. The van der Waals surface area contributed by atoms with Crippen molar-refractivity contribution in [1.29, 1.82) is 0 Å². The van der Waals surface area contributed by atoms with Gasteiger partial charge in [-0.1, -0.05) is 40.7 Å². The average molecular weight is 416 g/mol. The molecule has 1 saturated heterocycles. The van der Waals surface area contributed by atoms with Crippen LogP contribution in [-0.4, -0.2) is 39.0 Å². The summed E-state index contributed by atoms with van der Waals surface area (Å²) in [6.07, 6.45) is 0. The number of carbonyl (C=O) groups is 2. The second-order valence-corrected chi connectivity index (χ2v) is 7.80. The summed E-state index contributed by atoms with van der Waals surface area (Å²) in [4.78, 5) is 31.7. The minimum absolute atomic E-state index is 0.0866. The Morgan fingerprint density at radius 2 is 1.77 bits per heavy atom. The predicted octanol–water partition coefficient (Wildman–Crippen LogP) is 3.16. The maximum atomic E-state index is 13.1. The first-order valence-corrected chi connectivity index (χ1v) is 9.95. The van der Waals surface area contributed by atoms with Gasteiger partial charge in [0.05, 0.1) is 5.69 Å². The van der Waals surface area contributed by atoms with Crippen molar-refractivity contribution in [3.8, 4) is 11.4 Å². The summed E-state index contributed by atoms with van der Waals surface area (Å²) in [6.45, 7) is 5.98. The molecule has 2 atom stereocenters. The SMILES string of the molecule is Cc1ccc(N2C(=O)[C@H]3N=NN(Cc4nc(-c5ccccc5C)no4)[C@H]3C2=O)cc1C. The van der Waals surface area contributed by atoms with Crippen LogP contribution in [0.1, 0.15) is 22.6 Å². The van der Waals surface area contributed by atoms with E-state index in [-0.39, 0.29) is 18.4 Å². The van der Waals surface area contributed by atoms with E-state index in [0.717, 1.165) is 22.3 Å². The summed E-state index contributed by atoms with van der Waals surface area (Å²) < 4.78 is 5.37. The Kier molecular flexibility index (Phi) is 4.39. The van der Waals surface area contributed by atoms with E-state index < -0.39 is 12.1 Å². The molecule has 5 rings (SSSR count). The zero-order valence-corrected chi connectivity index (χ0v) is 17.3. The maximum Gasteiger partial charge on any atom is 0.263 e. The quantitative estimate of drug-likeness (QED) is 0.605. The fraction of sp³-hybridized carbons (Fsp3) is 0.273. The van der Waals surface area contributed by atoms with Crippen LogP contribution in [0, 0.1) is 20.8 Å². The minimum atomic E-state index is -0.868. The standard InChI is InChI=1S/C22H20N6O3/c1-12-8-9-15(10-14(12)3)28-21(29)18-19(22(28)30)27(26-24-18)11-17-23-20(25-31-17)16-7-5-4-6-13(16)2/h4-10,18-19H,11H2,1-3H3/t18-,19+/m0/s1. The number of benzene rings is 2. The lowest BCUT2D eigenvalue weighted by Crippen LogP contribution is -2.39. The van der Waals surface area contributed by atoms with Gasteiger partial charge in [0.25, 0.3) is 11.8 Å². The largest absolute Gasteiger partial charge is 0.337 e. The Bertz CT molecular complexity index is 1230. The number of rotatable bonds is 4. The van der Waals surface area contributed by atoms with Gasteiger partial charge < -0.3 is 4.52 Å². The van der Waals surface area contributed by atoms with Crippen LogP contribution in [-0.2, 0) is 16.1 Å². The van der Waals surface area contributed by atoms with Gasteiger partial charge in [0.15, 0.2) is 12.1 Å². The molecule has 0 unspecified atom stereocenters. The molecule has 3 heterocycles. The Morgan fingerprint density at radius 3 is 2.55 bits per heavy atom. The Balaban J connectivity index is 1.38. The molecule has 0 radical (unpaired) electrons. The van der Waals surface area contributed by atoms with Gasteiger partial charge in [-0.25, -0.2) is 4.90 Å². The molecule has 0 aliphatic carbocycles. The second kappa shape index (κ2) is 7.12. The van der Waals surface area contributed by atoms with Crippen LogP contribution >= 0.6 is 0 Å². The molecule has 3 aromatic rings. The number of aryl methyl sites for hydroxylation is 3. The van der Waals surface area contributed by atoms with Crippen molar-refractivity contribution in [3.05, 3.63) is 65.0 Å². The van der Waals surface area contributed by atoms with Crippen LogP contribution in [0.15, 0.2) is 57.3 Å². The highest BCUT2D eigenvalue weighted by molar-refractivity contribution is 6.25. The highest BCUT2D eigenvalue weighted by Crippen LogP contribution is 2.33. The number of nitrogens with zero attached hydrogens (tertiary/aromatic N) is 6. The number of amides is 2. The number of carbonyl (C=O) groups excluding carboxylic acids is 2. The maximum absolute atomic E-state index is 13.1. The number of aromatic nitrogens is 2. The molecule has 9 heteroatoms. The van der Waals surface area contributed by atoms with Gasteiger partial charge in [0.1, 0.15) is 6.54 Å². The number of anilines is 1. The van der Waals surface area contributed by atoms with Gasteiger partial charge in [-0.15, -0.1) is 0 Å². The lowest BCUT2D eigenvalue weighted by molar-refractivity contribution is -0.123. The van der Waals surface area contributed by atoms with E-state index in [1.165, 1.54) is 9.91 Å². The summed E-state index contributed by atoms with van der Waals surface area (Å²) in [6, 6.07) is 11.5. The fourth-order valence-corrected chi connectivity index (χ4v) is 3.86. The Morgan fingerprint density at radius 1 is 0.968 bits per heavy atom. The molecule has 1 aromatic heterocycles. The van der Waals surface area contributed by atoms with Crippen molar-refractivity contribution in [2.24, 2.45) is 10.3 Å². The van der Waals surface area contributed by atoms with Crippen LogP contribution in [0.5, 0.6) is 0 Å². The zero-order valence-electron chi connectivity index (χ0n) is 17.3. The minimum Gasteiger partial charge on any atom is -0.337 e. The van der Waals surface area contributed by atoms with Crippen LogP contribution in [0.3, 0.4) is 0 Å². The summed E-state index contributed by atoms with van der Waals surface area (Å²) in [5, 5.41) is 13.6. The van der Waals surface area contributed by atoms with E-state index in [1.807, 2.05) is 57.2 Å². The van der Waals surface area contributed by atoms with E-state index in [1.54, 1.807) is 6.07 Å². The van der Waals surface area contributed by atoms with Crippen molar-refractivity contribution in [2.75, 3.05) is 4.90 Å². The first kappa shape index (κ1) is 19.1. The van der Waals surface area contributed by atoms with Crippen LogP contribution in [0.2, 0.25) is 0 Å². The topological polar surface area (TPSA) is 104 Å². The summed E-state index contributed by atoms with van der Waals surface area (Å²) >= 11 is 0. The van der Waals surface area contributed by atoms with Crippen molar-refractivity contribution in [1.82, 2.24) is 15.1 Å². The third kappa shape index (κ3) is 3.09. The smallest absolute Gasteiger partial charge is 0.263 e. The van der Waals surface area contributed by atoms with Gasteiger partial charge in [-0.05, 0) is 49.6 Å². The molecule has 2 amide bonds. The van der Waals surface area contributed by atoms with Crippen LogP contribution in [0.4, 0.5) is 5.69 Å². The number of fused-ring (bicyclic) bond motifs is 1. The molecule has 0 saturated carbocycles. The van der Waals surface area contributed by atoms with Gasteiger partial charge in [-0.2, -0.15) is 10.1 Å². The fourth-order valence-electron chi connectivity index (χ4n) is 3.86. The molecule has 1 fully saturated rings. The van der Waals surface area contributed by atoms with Crippen molar-refractivity contribution in [3.63, 3.8) is 0 Å². The second-order valence-electron chi connectivity index (χ2n) is 7.80. The third-order valence-electron chi connectivity index (χ3n) is 5.76. The van der Waals surface area contributed by atoms with E-state index >= 15 is 0 Å². The monoisotopic (exact) mass is 416 g/mol. The van der Waals surface area contributed by atoms with E-state index in [2.05, 4.69) is 20.5 Å². The van der Waals surface area contributed by atoms with E-state index in [4.69, 9.17) is 4.52 Å². The molecule has 2 aliphatic heterocycles. The Hall–Kier alpha value is -3.88. The lowest BCUT2D eigenvalue weighted by atomic mass is 10.1. The number of hydrogen-bond donors (Lipinski definition) is 0. The molecule has 31 heavy (non-hydrogen) atoms. The summed E-state index contributed by atoms with van der Waals surface area (Å²) in [7, 11) is 0. The van der Waals surface area contributed by atoms with Gasteiger partial charge in [-0.3, -0.25) is 14.6 Å². The molecular weight excluding hydrogens is 396 g/mol. The molecule has 0 N–H and O–H groups in total. The molecule has 0 bridgehead atoms. The van der Waals surface area contributed by atoms with Gasteiger partial charge >= 0.3 is 0 Å². The van der Waals surface area contributed by atoms with Crippen LogP contribution < -0.4 is 4.90 Å². The first-order valence-electron chi connectivity index (χ1n) is 9.95. The Labute approximate surface area is 178 Å². The third-order valence-corrected chi connectivity index (χ3v) is 5.76. The van der Waals surface area contributed by atoms with Crippen molar-refractivity contribution >= 4 is 17.5 Å². The van der Waals surface area contributed by atoms with Gasteiger partial charge in [0, 0.05) is 5.56 Å². The number of hydrogen-bond acceptors (Lipinski definition) is 8. The molecule has 2 aliphatic rings. The van der Waals surface area contributed by atoms with E-state index in [0.29, 0.717) is 17.4 Å². The molecule has 0 spiro atoms. The van der Waals surface area contributed by atoms with E-state index in [9.17, 15) is 9.59 Å². The summed E-state index contributed by atoms with van der Waals surface area (Å²) in [5.41, 5.74) is 4.53. The molecule has 156 valence electrons. The highest BCUT2D eigenvalue weighted by atomic mass is 16.5. The highest BCUT2D eigenvalue weighted by Gasteiger charge is 2.55. The summed E-state index contributed by atoms with van der Waals surface area (Å²) in [5.74, 6) is 0.0200. The molecule has 2 aromatic carbocycles. The van der Waals surface area contributed by atoms with Crippen LogP contribution in [0.25, 0.3) is 11.4 Å². The lowest BCUT2D eigenvalue weighted by Gasteiger charge is -2.19. The zero-order chi connectivity index (χ0) is 21.7. The first-order chi connectivity index (χ1) is 14.9. The number of imide groups is 1. The van der Waals surface area contributed by atoms with Crippen molar-refractivity contribution in [2.45, 2.75) is 39.4 Å². The molecule has 9 nitrogen and oxygen atoms in total. The van der Waals surface area contributed by atoms with Crippen molar-refractivity contribution < 1.29 is 14.1 Å². The average Bonchev–Trinajstić information content (AvgIpc) is 3.43. The van der Waals surface area contributed by atoms with Gasteiger partial charge in [0.2, 0.25) is 11.7 Å². The molecular formula is C22H20N6O3.